The lowest BCUT2D eigenvalue weighted by atomic mass is 10.0. The molecular formula is C17H18BrNO. The summed E-state index contributed by atoms with van der Waals surface area (Å²) in [5.74, 6) is -0.0510. The fourth-order valence-corrected chi connectivity index (χ4v) is 2.57. The van der Waals surface area contributed by atoms with Crippen LogP contribution in [-0.4, -0.2) is 5.91 Å². The van der Waals surface area contributed by atoms with Crippen molar-refractivity contribution in [3.8, 4) is 0 Å². The van der Waals surface area contributed by atoms with Gasteiger partial charge in [-0.05, 0) is 47.0 Å². The molecule has 2 nitrogen and oxygen atoms in total. The summed E-state index contributed by atoms with van der Waals surface area (Å²) in [6.45, 7) is 4.13. The molecule has 0 aliphatic heterocycles. The van der Waals surface area contributed by atoms with Crippen molar-refractivity contribution in [2.24, 2.45) is 0 Å². The fourth-order valence-electron chi connectivity index (χ4n) is 2.10. The number of carbonyl (C=O) groups excluding carboxylic acids is 1. The molecule has 1 N–H and O–H groups in total. The van der Waals surface area contributed by atoms with Crippen LogP contribution in [0, 0.1) is 6.92 Å². The SMILES string of the molecule is CC[C@@H](NC(=O)c1ccccc1Br)c1ccc(C)cc1. The maximum absolute atomic E-state index is 12.3. The predicted octanol–water partition coefficient (Wildman–Crippen LogP) is 4.64. The van der Waals surface area contributed by atoms with Gasteiger partial charge in [0.1, 0.15) is 0 Å². The molecule has 0 unspecified atom stereocenters. The third-order valence-corrected chi connectivity index (χ3v) is 4.00. The number of hydrogen-bond donors (Lipinski definition) is 1. The molecule has 104 valence electrons. The number of halogens is 1. The van der Waals surface area contributed by atoms with Gasteiger partial charge < -0.3 is 5.32 Å². The molecule has 0 heterocycles. The molecule has 0 spiro atoms. The summed E-state index contributed by atoms with van der Waals surface area (Å²) in [5.41, 5.74) is 3.03. The second-order valence-corrected chi connectivity index (χ2v) is 5.68. The van der Waals surface area contributed by atoms with E-state index in [1.54, 1.807) is 0 Å². The molecule has 2 rings (SSSR count). The van der Waals surface area contributed by atoms with E-state index in [1.165, 1.54) is 5.56 Å². The molecule has 0 aliphatic rings. The van der Waals surface area contributed by atoms with Crippen LogP contribution >= 0.6 is 15.9 Å². The molecule has 0 bridgehead atoms. The van der Waals surface area contributed by atoms with Gasteiger partial charge in [0, 0.05) is 4.47 Å². The Labute approximate surface area is 128 Å². The summed E-state index contributed by atoms with van der Waals surface area (Å²) >= 11 is 3.41. The van der Waals surface area contributed by atoms with Crippen LogP contribution in [0.15, 0.2) is 53.0 Å². The molecule has 0 aromatic heterocycles. The Balaban J connectivity index is 2.16. The summed E-state index contributed by atoms with van der Waals surface area (Å²) in [4.78, 5) is 12.3. The summed E-state index contributed by atoms with van der Waals surface area (Å²) < 4.78 is 0.816. The predicted molar refractivity (Wildman–Crippen MR) is 85.8 cm³/mol. The van der Waals surface area contributed by atoms with E-state index in [-0.39, 0.29) is 11.9 Å². The molecule has 0 saturated heterocycles. The van der Waals surface area contributed by atoms with Crippen molar-refractivity contribution in [3.63, 3.8) is 0 Å². The van der Waals surface area contributed by atoms with Gasteiger partial charge in [0.05, 0.1) is 11.6 Å². The van der Waals surface area contributed by atoms with E-state index in [2.05, 4.69) is 59.4 Å². The average molecular weight is 332 g/mol. The highest BCUT2D eigenvalue weighted by Crippen LogP contribution is 2.20. The molecule has 0 aliphatic carbocycles. The second-order valence-electron chi connectivity index (χ2n) is 4.82. The number of hydrogen-bond acceptors (Lipinski definition) is 1. The Morgan fingerprint density at radius 2 is 1.80 bits per heavy atom. The highest BCUT2D eigenvalue weighted by molar-refractivity contribution is 9.10. The Hall–Kier alpha value is -1.61. The van der Waals surface area contributed by atoms with Crippen LogP contribution in [0.5, 0.6) is 0 Å². The van der Waals surface area contributed by atoms with Gasteiger partial charge in [0.15, 0.2) is 0 Å². The molecular weight excluding hydrogens is 314 g/mol. The monoisotopic (exact) mass is 331 g/mol. The average Bonchev–Trinajstić information content (AvgIpc) is 2.46. The van der Waals surface area contributed by atoms with Crippen LogP contribution < -0.4 is 5.32 Å². The molecule has 1 amide bonds. The normalized spacial score (nSPS) is 11.9. The van der Waals surface area contributed by atoms with Gasteiger partial charge in [0.2, 0.25) is 0 Å². The quantitative estimate of drug-likeness (QED) is 0.868. The van der Waals surface area contributed by atoms with Gasteiger partial charge in [-0.2, -0.15) is 0 Å². The van der Waals surface area contributed by atoms with Crippen LogP contribution in [0.4, 0.5) is 0 Å². The van der Waals surface area contributed by atoms with Gasteiger partial charge in [-0.3, -0.25) is 4.79 Å². The Morgan fingerprint density at radius 1 is 1.15 bits per heavy atom. The third kappa shape index (κ3) is 3.48. The number of amides is 1. The highest BCUT2D eigenvalue weighted by atomic mass is 79.9. The highest BCUT2D eigenvalue weighted by Gasteiger charge is 2.15. The second kappa shape index (κ2) is 6.71. The molecule has 0 fully saturated rings. The molecule has 20 heavy (non-hydrogen) atoms. The zero-order valence-electron chi connectivity index (χ0n) is 11.7. The third-order valence-electron chi connectivity index (χ3n) is 3.31. The first kappa shape index (κ1) is 14.8. The minimum Gasteiger partial charge on any atom is -0.345 e. The zero-order valence-corrected chi connectivity index (χ0v) is 13.3. The van der Waals surface area contributed by atoms with Gasteiger partial charge >= 0.3 is 0 Å². The number of rotatable bonds is 4. The summed E-state index contributed by atoms with van der Waals surface area (Å²) in [6.07, 6.45) is 0.860. The molecule has 0 saturated carbocycles. The lowest BCUT2D eigenvalue weighted by Crippen LogP contribution is -2.28. The number of carbonyl (C=O) groups is 1. The van der Waals surface area contributed by atoms with E-state index < -0.39 is 0 Å². The van der Waals surface area contributed by atoms with Gasteiger partial charge in [-0.1, -0.05) is 48.9 Å². The van der Waals surface area contributed by atoms with E-state index in [0.717, 1.165) is 16.5 Å². The van der Waals surface area contributed by atoms with E-state index in [1.807, 2.05) is 24.3 Å². The molecule has 2 aromatic rings. The van der Waals surface area contributed by atoms with Crippen molar-refractivity contribution >= 4 is 21.8 Å². The Bertz CT molecular complexity index is 592. The van der Waals surface area contributed by atoms with Crippen molar-refractivity contribution in [1.29, 1.82) is 0 Å². The van der Waals surface area contributed by atoms with E-state index in [4.69, 9.17) is 0 Å². The standard InChI is InChI=1S/C17H18BrNO/c1-3-16(13-10-8-12(2)9-11-13)19-17(20)14-6-4-5-7-15(14)18/h4-11,16H,3H2,1-2H3,(H,19,20)/t16-/m1/s1. The first-order valence-electron chi connectivity index (χ1n) is 6.73. The first-order chi connectivity index (χ1) is 9.61. The maximum Gasteiger partial charge on any atom is 0.252 e. The Morgan fingerprint density at radius 3 is 2.40 bits per heavy atom. The van der Waals surface area contributed by atoms with Crippen molar-refractivity contribution in [3.05, 3.63) is 69.7 Å². The van der Waals surface area contributed by atoms with Crippen molar-refractivity contribution in [2.45, 2.75) is 26.3 Å². The van der Waals surface area contributed by atoms with E-state index in [9.17, 15) is 4.79 Å². The molecule has 2 aromatic carbocycles. The summed E-state index contributed by atoms with van der Waals surface area (Å²) in [5, 5.41) is 3.09. The molecule has 3 heteroatoms. The zero-order chi connectivity index (χ0) is 14.5. The minimum absolute atomic E-state index is 0.0372. The molecule has 0 radical (unpaired) electrons. The Kier molecular flexibility index (Phi) is 4.96. The van der Waals surface area contributed by atoms with Gasteiger partial charge in [-0.15, -0.1) is 0 Å². The number of nitrogens with one attached hydrogen (secondary N) is 1. The first-order valence-corrected chi connectivity index (χ1v) is 7.53. The van der Waals surface area contributed by atoms with Crippen molar-refractivity contribution in [1.82, 2.24) is 5.32 Å². The smallest absolute Gasteiger partial charge is 0.252 e. The van der Waals surface area contributed by atoms with Crippen molar-refractivity contribution < 1.29 is 4.79 Å². The summed E-state index contributed by atoms with van der Waals surface area (Å²) in [7, 11) is 0. The van der Waals surface area contributed by atoms with Gasteiger partial charge in [0.25, 0.3) is 5.91 Å². The van der Waals surface area contributed by atoms with Crippen LogP contribution in [0.3, 0.4) is 0 Å². The topological polar surface area (TPSA) is 29.1 Å². The van der Waals surface area contributed by atoms with Crippen LogP contribution in [-0.2, 0) is 0 Å². The van der Waals surface area contributed by atoms with Crippen LogP contribution in [0.1, 0.15) is 40.9 Å². The fraction of sp³-hybridized carbons (Fsp3) is 0.235. The lowest BCUT2D eigenvalue weighted by molar-refractivity contribution is 0.0935. The molecule has 1 atom stereocenters. The summed E-state index contributed by atoms with van der Waals surface area (Å²) in [6, 6.07) is 15.8. The van der Waals surface area contributed by atoms with Crippen molar-refractivity contribution in [2.75, 3.05) is 0 Å². The van der Waals surface area contributed by atoms with Crippen LogP contribution in [0.2, 0.25) is 0 Å². The minimum atomic E-state index is -0.0510. The maximum atomic E-state index is 12.3. The van der Waals surface area contributed by atoms with Gasteiger partial charge in [-0.25, -0.2) is 0 Å². The van der Waals surface area contributed by atoms with Crippen LogP contribution in [0.25, 0.3) is 0 Å². The van der Waals surface area contributed by atoms with E-state index >= 15 is 0 Å². The lowest BCUT2D eigenvalue weighted by Gasteiger charge is -2.18. The van der Waals surface area contributed by atoms with E-state index in [0.29, 0.717) is 5.56 Å². The number of benzene rings is 2. The number of aryl methyl sites for hydroxylation is 1. The largest absolute Gasteiger partial charge is 0.345 e.